The molecule has 1 amide bonds. The van der Waals surface area contributed by atoms with Crippen LogP contribution in [0.3, 0.4) is 0 Å². The molecule has 0 fully saturated rings. The maximum absolute atomic E-state index is 12.7. The predicted octanol–water partition coefficient (Wildman–Crippen LogP) is 4.32. The van der Waals surface area contributed by atoms with Crippen LogP contribution in [0.2, 0.25) is 5.02 Å². The summed E-state index contributed by atoms with van der Waals surface area (Å²) in [5.74, 6) is -1.18. The van der Waals surface area contributed by atoms with Crippen LogP contribution in [0.4, 0.5) is 0 Å². The van der Waals surface area contributed by atoms with E-state index in [1.165, 1.54) is 0 Å². The second-order valence-electron chi connectivity index (χ2n) is 7.57. The van der Waals surface area contributed by atoms with Gasteiger partial charge in [0.2, 0.25) is 5.91 Å². The van der Waals surface area contributed by atoms with Gasteiger partial charge in [-0.05, 0) is 51.7 Å². The second kappa shape index (κ2) is 8.82. The molecule has 0 aliphatic heterocycles. The summed E-state index contributed by atoms with van der Waals surface area (Å²) >= 11 is 6.26. The largest absolute Gasteiger partial charge is 0.463 e. The molecule has 1 heterocycles. The molecule has 0 saturated carbocycles. The van der Waals surface area contributed by atoms with Crippen molar-refractivity contribution in [1.29, 1.82) is 0 Å². The van der Waals surface area contributed by atoms with Gasteiger partial charge >= 0.3 is 5.97 Å². The first-order valence-corrected chi connectivity index (χ1v) is 10.1. The Kier molecular flexibility index (Phi) is 6.45. The number of aromatic nitrogens is 1. The number of ether oxygens (including phenoxy) is 1. The van der Waals surface area contributed by atoms with Crippen LogP contribution in [0, 0.1) is 18.8 Å². The van der Waals surface area contributed by atoms with Crippen molar-refractivity contribution in [2.75, 3.05) is 6.54 Å². The Morgan fingerprint density at radius 1 is 1.25 bits per heavy atom. The Hall–Kier alpha value is -2.27. The van der Waals surface area contributed by atoms with E-state index in [9.17, 15) is 9.59 Å². The zero-order chi connectivity index (χ0) is 20.3. The molecule has 0 saturated heterocycles. The van der Waals surface area contributed by atoms with Crippen molar-refractivity contribution in [2.24, 2.45) is 11.8 Å². The van der Waals surface area contributed by atoms with Crippen LogP contribution in [0.5, 0.6) is 0 Å². The topological polar surface area (TPSA) is 71.2 Å². The second-order valence-corrected chi connectivity index (χ2v) is 7.98. The number of hydrogen-bond acceptors (Lipinski definition) is 3. The van der Waals surface area contributed by atoms with Crippen LogP contribution in [0.1, 0.15) is 37.9 Å². The van der Waals surface area contributed by atoms with Gasteiger partial charge in [0.1, 0.15) is 0 Å². The Morgan fingerprint density at radius 2 is 1.96 bits per heavy atom. The van der Waals surface area contributed by atoms with Crippen LogP contribution in [-0.2, 0) is 20.7 Å². The fourth-order valence-electron chi connectivity index (χ4n) is 3.82. The molecule has 150 valence electrons. The van der Waals surface area contributed by atoms with E-state index < -0.39 is 5.92 Å². The number of esters is 1. The molecular weight excluding hydrogens is 376 g/mol. The van der Waals surface area contributed by atoms with Gasteiger partial charge in [-0.25, -0.2) is 0 Å². The lowest BCUT2D eigenvalue weighted by Gasteiger charge is -2.26. The fraction of sp³-hybridized carbons (Fsp3) is 0.455. The molecule has 0 spiro atoms. The van der Waals surface area contributed by atoms with Crippen LogP contribution in [0.25, 0.3) is 10.9 Å². The fourth-order valence-corrected chi connectivity index (χ4v) is 4.04. The molecule has 1 aliphatic carbocycles. The molecule has 1 aromatic heterocycles. The minimum atomic E-state index is -0.416. The molecule has 2 atom stereocenters. The molecular formula is C22H27ClN2O3. The quantitative estimate of drug-likeness (QED) is 0.558. The maximum atomic E-state index is 12.7. The molecule has 3 rings (SSSR count). The number of rotatable bonds is 6. The maximum Gasteiger partial charge on any atom is 0.310 e. The zero-order valence-corrected chi connectivity index (χ0v) is 17.3. The van der Waals surface area contributed by atoms with E-state index in [1.54, 1.807) is 0 Å². The number of carbonyl (C=O) groups excluding carboxylic acids is 2. The van der Waals surface area contributed by atoms with Crippen molar-refractivity contribution in [3.05, 3.63) is 46.6 Å². The minimum absolute atomic E-state index is 0.0921. The molecule has 2 aromatic rings. The first-order valence-electron chi connectivity index (χ1n) is 9.77. The predicted molar refractivity (Wildman–Crippen MR) is 111 cm³/mol. The first kappa shape index (κ1) is 20.5. The number of hydrogen-bond donors (Lipinski definition) is 2. The third-order valence-corrected chi connectivity index (χ3v) is 5.52. The summed E-state index contributed by atoms with van der Waals surface area (Å²) in [6.07, 6.45) is 5.54. The Labute approximate surface area is 170 Å². The number of carbonyl (C=O) groups is 2. The number of allylic oxidation sites excluding steroid dienone is 2. The molecule has 2 unspecified atom stereocenters. The highest BCUT2D eigenvalue weighted by Gasteiger charge is 2.35. The molecule has 6 heteroatoms. The Bertz CT molecular complexity index is 901. The Morgan fingerprint density at radius 3 is 2.68 bits per heavy atom. The van der Waals surface area contributed by atoms with Crippen LogP contribution in [-0.4, -0.2) is 29.5 Å². The smallest absolute Gasteiger partial charge is 0.310 e. The van der Waals surface area contributed by atoms with Crippen molar-refractivity contribution in [1.82, 2.24) is 10.3 Å². The van der Waals surface area contributed by atoms with Crippen LogP contribution >= 0.6 is 11.6 Å². The van der Waals surface area contributed by atoms with Gasteiger partial charge in [0, 0.05) is 17.6 Å². The number of para-hydroxylation sites is 1. The molecule has 2 N–H and O–H groups in total. The van der Waals surface area contributed by atoms with Gasteiger partial charge in [-0.1, -0.05) is 35.9 Å². The van der Waals surface area contributed by atoms with Gasteiger partial charge in [0.05, 0.1) is 28.5 Å². The van der Waals surface area contributed by atoms with Crippen LogP contribution < -0.4 is 5.32 Å². The molecule has 1 aliphatic rings. The lowest BCUT2D eigenvalue weighted by Crippen LogP contribution is -2.40. The number of aromatic amines is 1. The average molecular weight is 403 g/mol. The number of benzene rings is 1. The molecule has 0 radical (unpaired) electrons. The van der Waals surface area contributed by atoms with E-state index in [0.717, 1.165) is 22.2 Å². The summed E-state index contributed by atoms with van der Waals surface area (Å²) in [5.41, 5.74) is 3.13. The highest BCUT2D eigenvalue weighted by atomic mass is 35.5. The average Bonchev–Trinajstić information content (AvgIpc) is 2.98. The van der Waals surface area contributed by atoms with Gasteiger partial charge in [-0.3, -0.25) is 9.59 Å². The van der Waals surface area contributed by atoms with Crippen molar-refractivity contribution in [3.63, 3.8) is 0 Å². The lowest BCUT2D eigenvalue weighted by molar-refractivity contribution is -0.156. The zero-order valence-electron chi connectivity index (χ0n) is 16.5. The van der Waals surface area contributed by atoms with Gasteiger partial charge in [0.25, 0.3) is 0 Å². The molecule has 28 heavy (non-hydrogen) atoms. The van der Waals surface area contributed by atoms with E-state index in [-0.39, 0.29) is 23.9 Å². The summed E-state index contributed by atoms with van der Waals surface area (Å²) in [6, 6.07) is 5.82. The number of nitrogens with one attached hydrogen (secondary N) is 2. The third-order valence-electron chi connectivity index (χ3n) is 5.20. The number of aryl methyl sites for hydroxylation is 1. The van der Waals surface area contributed by atoms with Crippen molar-refractivity contribution < 1.29 is 14.3 Å². The highest BCUT2D eigenvalue weighted by Crippen LogP contribution is 2.29. The first-order chi connectivity index (χ1) is 13.4. The lowest BCUT2D eigenvalue weighted by atomic mass is 9.82. The molecule has 1 aromatic carbocycles. The van der Waals surface area contributed by atoms with Crippen molar-refractivity contribution in [3.8, 4) is 0 Å². The summed E-state index contributed by atoms with van der Waals surface area (Å²) in [6.45, 7) is 6.16. The van der Waals surface area contributed by atoms with Gasteiger partial charge < -0.3 is 15.0 Å². The monoisotopic (exact) mass is 402 g/mol. The van der Waals surface area contributed by atoms with E-state index in [1.807, 2.05) is 51.1 Å². The highest BCUT2D eigenvalue weighted by molar-refractivity contribution is 6.35. The number of amides is 1. The van der Waals surface area contributed by atoms with Crippen molar-refractivity contribution >= 4 is 34.4 Å². The number of halogens is 1. The van der Waals surface area contributed by atoms with E-state index in [0.29, 0.717) is 30.8 Å². The van der Waals surface area contributed by atoms with Gasteiger partial charge in [-0.15, -0.1) is 0 Å². The van der Waals surface area contributed by atoms with Gasteiger partial charge in [0.15, 0.2) is 0 Å². The summed E-state index contributed by atoms with van der Waals surface area (Å²) in [4.78, 5) is 28.4. The van der Waals surface area contributed by atoms with E-state index >= 15 is 0 Å². The SMILES string of the molecule is Cc1[nH]c2c(Cl)cccc2c1CCNC(=O)C1CC=CCC1C(=O)OC(C)C. The van der Waals surface area contributed by atoms with Gasteiger partial charge in [-0.2, -0.15) is 0 Å². The summed E-state index contributed by atoms with van der Waals surface area (Å²) < 4.78 is 5.34. The van der Waals surface area contributed by atoms with Crippen molar-refractivity contribution in [2.45, 2.75) is 46.1 Å². The Balaban J connectivity index is 1.64. The third kappa shape index (κ3) is 4.41. The summed E-state index contributed by atoms with van der Waals surface area (Å²) in [5, 5.41) is 4.78. The number of fused-ring (bicyclic) bond motifs is 1. The normalized spacial score (nSPS) is 19.2. The molecule has 5 nitrogen and oxygen atoms in total. The van der Waals surface area contributed by atoms with Crippen LogP contribution in [0.15, 0.2) is 30.4 Å². The summed E-state index contributed by atoms with van der Waals surface area (Å²) in [7, 11) is 0. The number of H-pyrrole nitrogens is 1. The van der Waals surface area contributed by atoms with E-state index in [2.05, 4.69) is 10.3 Å². The standard InChI is InChI=1S/C22H27ClN2O3/c1-13(2)28-22(27)18-8-5-4-7-17(18)21(26)24-12-11-15-14(3)25-20-16(15)9-6-10-19(20)23/h4-6,9-10,13,17-18,25H,7-8,11-12H2,1-3H3,(H,24,26). The molecule has 0 bridgehead atoms. The minimum Gasteiger partial charge on any atom is -0.463 e. The van der Waals surface area contributed by atoms with E-state index in [4.69, 9.17) is 16.3 Å².